The Bertz CT molecular complexity index is 597. The standard InChI is InChI=1S/C18H20FNO/c1-3-20(14(2)15-9-5-4-6-10-15)18(21)13-16-11-7-8-12-17(16)19/h4-12,14H,3,13H2,1-2H3. The van der Waals surface area contributed by atoms with Gasteiger partial charge in [-0.1, -0.05) is 48.5 Å². The van der Waals surface area contributed by atoms with E-state index in [0.29, 0.717) is 12.1 Å². The SMILES string of the molecule is CCN(C(=O)Cc1ccccc1F)C(C)c1ccccc1. The average Bonchev–Trinajstić information content (AvgIpc) is 2.51. The van der Waals surface area contributed by atoms with Crippen LogP contribution in [0.2, 0.25) is 0 Å². The predicted molar refractivity (Wildman–Crippen MR) is 82.3 cm³/mol. The largest absolute Gasteiger partial charge is 0.336 e. The first-order chi connectivity index (χ1) is 10.1. The van der Waals surface area contributed by atoms with Crippen LogP contribution < -0.4 is 0 Å². The van der Waals surface area contributed by atoms with E-state index in [9.17, 15) is 9.18 Å². The van der Waals surface area contributed by atoms with Crippen LogP contribution >= 0.6 is 0 Å². The number of amides is 1. The molecule has 0 aliphatic carbocycles. The van der Waals surface area contributed by atoms with E-state index in [-0.39, 0.29) is 24.2 Å². The molecule has 0 aliphatic heterocycles. The first kappa shape index (κ1) is 15.2. The molecule has 1 unspecified atom stereocenters. The van der Waals surface area contributed by atoms with Crippen molar-refractivity contribution in [3.63, 3.8) is 0 Å². The molecule has 3 heteroatoms. The highest BCUT2D eigenvalue weighted by Crippen LogP contribution is 2.21. The van der Waals surface area contributed by atoms with Crippen LogP contribution in [0.1, 0.15) is 31.0 Å². The number of benzene rings is 2. The molecule has 0 heterocycles. The van der Waals surface area contributed by atoms with E-state index in [2.05, 4.69) is 0 Å². The first-order valence-electron chi connectivity index (χ1n) is 7.21. The number of hydrogen-bond donors (Lipinski definition) is 0. The summed E-state index contributed by atoms with van der Waals surface area (Å²) in [5, 5.41) is 0. The molecule has 21 heavy (non-hydrogen) atoms. The first-order valence-corrected chi connectivity index (χ1v) is 7.21. The van der Waals surface area contributed by atoms with Gasteiger partial charge in [0, 0.05) is 6.54 Å². The van der Waals surface area contributed by atoms with Gasteiger partial charge in [-0.05, 0) is 31.0 Å². The van der Waals surface area contributed by atoms with Crippen LogP contribution in [0.25, 0.3) is 0 Å². The minimum Gasteiger partial charge on any atom is -0.336 e. The Balaban J connectivity index is 2.14. The summed E-state index contributed by atoms with van der Waals surface area (Å²) in [6.07, 6.45) is 0.0949. The predicted octanol–water partition coefficient (Wildman–Crippen LogP) is 3.98. The van der Waals surface area contributed by atoms with E-state index in [1.165, 1.54) is 6.07 Å². The number of halogens is 1. The monoisotopic (exact) mass is 285 g/mol. The lowest BCUT2D eigenvalue weighted by Gasteiger charge is -2.28. The number of likely N-dealkylation sites (N-methyl/N-ethyl adjacent to an activating group) is 1. The second-order valence-electron chi connectivity index (χ2n) is 5.03. The maximum Gasteiger partial charge on any atom is 0.227 e. The molecule has 0 radical (unpaired) electrons. The van der Waals surface area contributed by atoms with Crippen molar-refractivity contribution in [3.05, 3.63) is 71.5 Å². The van der Waals surface area contributed by atoms with Crippen molar-refractivity contribution >= 4 is 5.91 Å². The van der Waals surface area contributed by atoms with Crippen LogP contribution in [0.3, 0.4) is 0 Å². The van der Waals surface area contributed by atoms with Crippen LogP contribution in [-0.2, 0) is 11.2 Å². The van der Waals surface area contributed by atoms with E-state index < -0.39 is 0 Å². The van der Waals surface area contributed by atoms with E-state index in [0.717, 1.165) is 5.56 Å². The highest BCUT2D eigenvalue weighted by atomic mass is 19.1. The van der Waals surface area contributed by atoms with Gasteiger partial charge in [0.05, 0.1) is 12.5 Å². The van der Waals surface area contributed by atoms with E-state index >= 15 is 0 Å². The molecule has 0 bridgehead atoms. The summed E-state index contributed by atoms with van der Waals surface area (Å²) >= 11 is 0. The molecule has 1 amide bonds. The van der Waals surface area contributed by atoms with Gasteiger partial charge in [-0.2, -0.15) is 0 Å². The fourth-order valence-electron chi connectivity index (χ4n) is 2.48. The zero-order valence-electron chi connectivity index (χ0n) is 12.4. The lowest BCUT2D eigenvalue weighted by Crippen LogP contribution is -2.34. The van der Waals surface area contributed by atoms with Crippen LogP contribution in [0.5, 0.6) is 0 Å². The summed E-state index contributed by atoms with van der Waals surface area (Å²) in [6, 6.07) is 16.3. The van der Waals surface area contributed by atoms with Gasteiger partial charge in [0.25, 0.3) is 0 Å². The fraction of sp³-hybridized carbons (Fsp3) is 0.278. The minimum atomic E-state index is -0.325. The van der Waals surface area contributed by atoms with Crippen LogP contribution in [-0.4, -0.2) is 17.4 Å². The van der Waals surface area contributed by atoms with Gasteiger partial charge in [0.15, 0.2) is 0 Å². The summed E-state index contributed by atoms with van der Waals surface area (Å²) < 4.78 is 13.7. The summed E-state index contributed by atoms with van der Waals surface area (Å²) in [6.45, 7) is 4.54. The molecule has 2 aromatic rings. The number of carbonyl (C=O) groups excluding carboxylic acids is 1. The zero-order valence-corrected chi connectivity index (χ0v) is 12.4. The highest BCUT2D eigenvalue weighted by molar-refractivity contribution is 5.79. The zero-order chi connectivity index (χ0) is 15.2. The molecule has 0 saturated carbocycles. The van der Waals surface area contributed by atoms with Gasteiger partial charge in [-0.3, -0.25) is 4.79 Å². The summed E-state index contributed by atoms with van der Waals surface area (Å²) in [7, 11) is 0. The Kier molecular flexibility index (Phi) is 5.09. The number of carbonyl (C=O) groups is 1. The van der Waals surface area contributed by atoms with E-state index in [1.807, 2.05) is 44.2 Å². The van der Waals surface area contributed by atoms with Crippen molar-refractivity contribution in [2.75, 3.05) is 6.54 Å². The molecular formula is C18H20FNO. The van der Waals surface area contributed by atoms with Crippen molar-refractivity contribution in [1.82, 2.24) is 4.90 Å². The Labute approximate surface area is 125 Å². The molecule has 2 aromatic carbocycles. The van der Waals surface area contributed by atoms with Gasteiger partial charge >= 0.3 is 0 Å². The quantitative estimate of drug-likeness (QED) is 0.813. The summed E-state index contributed by atoms with van der Waals surface area (Å²) in [4.78, 5) is 14.2. The number of rotatable bonds is 5. The Morgan fingerprint density at radius 2 is 1.71 bits per heavy atom. The smallest absolute Gasteiger partial charge is 0.227 e. The Hall–Kier alpha value is -2.16. The fourth-order valence-corrected chi connectivity index (χ4v) is 2.48. The minimum absolute atomic E-state index is 0.0181. The number of hydrogen-bond acceptors (Lipinski definition) is 1. The van der Waals surface area contributed by atoms with Crippen molar-refractivity contribution in [1.29, 1.82) is 0 Å². The van der Waals surface area contributed by atoms with E-state index in [1.54, 1.807) is 23.1 Å². The van der Waals surface area contributed by atoms with Crippen LogP contribution in [0.15, 0.2) is 54.6 Å². The third-order valence-electron chi connectivity index (χ3n) is 3.71. The third-order valence-corrected chi connectivity index (χ3v) is 3.71. The Morgan fingerprint density at radius 3 is 2.33 bits per heavy atom. The van der Waals surface area contributed by atoms with Gasteiger partial charge in [0.1, 0.15) is 5.82 Å². The lowest BCUT2D eigenvalue weighted by molar-refractivity contribution is -0.132. The molecule has 0 saturated heterocycles. The average molecular weight is 285 g/mol. The maximum atomic E-state index is 13.7. The normalized spacial score (nSPS) is 12.0. The molecular weight excluding hydrogens is 265 g/mol. The highest BCUT2D eigenvalue weighted by Gasteiger charge is 2.20. The number of nitrogens with zero attached hydrogens (tertiary/aromatic N) is 1. The summed E-state index contributed by atoms with van der Waals surface area (Å²) in [5.41, 5.74) is 1.53. The van der Waals surface area contributed by atoms with E-state index in [4.69, 9.17) is 0 Å². The summed E-state index contributed by atoms with van der Waals surface area (Å²) in [5.74, 6) is -0.381. The van der Waals surface area contributed by atoms with Crippen LogP contribution in [0, 0.1) is 5.82 Å². The van der Waals surface area contributed by atoms with Crippen molar-refractivity contribution in [3.8, 4) is 0 Å². The molecule has 1 atom stereocenters. The van der Waals surface area contributed by atoms with Crippen molar-refractivity contribution in [2.45, 2.75) is 26.3 Å². The molecule has 2 rings (SSSR count). The molecule has 0 fully saturated rings. The molecule has 0 spiro atoms. The third kappa shape index (κ3) is 3.69. The van der Waals surface area contributed by atoms with Crippen molar-refractivity contribution < 1.29 is 9.18 Å². The topological polar surface area (TPSA) is 20.3 Å². The second kappa shape index (κ2) is 7.02. The van der Waals surface area contributed by atoms with Gasteiger partial charge < -0.3 is 4.90 Å². The maximum absolute atomic E-state index is 13.7. The molecule has 2 nitrogen and oxygen atoms in total. The Morgan fingerprint density at radius 1 is 1.10 bits per heavy atom. The molecule has 0 aromatic heterocycles. The molecule has 110 valence electrons. The van der Waals surface area contributed by atoms with Gasteiger partial charge in [-0.25, -0.2) is 4.39 Å². The van der Waals surface area contributed by atoms with Gasteiger partial charge in [-0.15, -0.1) is 0 Å². The second-order valence-corrected chi connectivity index (χ2v) is 5.03. The molecule has 0 N–H and O–H groups in total. The van der Waals surface area contributed by atoms with Crippen LogP contribution in [0.4, 0.5) is 4.39 Å². The molecule has 0 aliphatic rings. The lowest BCUT2D eigenvalue weighted by atomic mass is 10.1. The van der Waals surface area contributed by atoms with Crippen molar-refractivity contribution in [2.24, 2.45) is 0 Å². The van der Waals surface area contributed by atoms with Gasteiger partial charge in [0.2, 0.25) is 5.91 Å².